The van der Waals surface area contributed by atoms with Crippen molar-refractivity contribution in [2.24, 2.45) is 0 Å². The molecule has 3 heterocycles. The largest absolute Gasteiger partial charge is 0.507 e. The lowest BCUT2D eigenvalue weighted by atomic mass is 9.95. The minimum Gasteiger partial charge on any atom is -0.507 e. The monoisotopic (exact) mass is 494 g/mol. The number of carbonyl (C=O) groups is 2. The molecule has 1 N–H and O–H groups in total. The highest BCUT2D eigenvalue weighted by atomic mass is 16.7. The van der Waals surface area contributed by atoms with Gasteiger partial charge < -0.3 is 29.0 Å². The van der Waals surface area contributed by atoms with E-state index in [-0.39, 0.29) is 18.1 Å². The minimum atomic E-state index is -0.712. The van der Waals surface area contributed by atoms with E-state index in [1.54, 1.807) is 23.1 Å². The minimum absolute atomic E-state index is 0.0643. The Balaban J connectivity index is 1.47. The number of nitrogens with zero attached hydrogens (tertiary/aromatic N) is 2. The molecule has 0 bridgehead atoms. The van der Waals surface area contributed by atoms with Crippen molar-refractivity contribution in [1.29, 1.82) is 0 Å². The molecular weight excluding hydrogens is 464 g/mol. The van der Waals surface area contributed by atoms with E-state index in [1.807, 2.05) is 31.2 Å². The summed E-state index contributed by atoms with van der Waals surface area (Å²) in [6.07, 6.45) is 0.699. The summed E-state index contributed by atoms with van der Waals surface area (Å²) in [7, 11) is 0. The second-order valence-electron chi connectivity index (χ2n) is 8.87. The molecule has 36 heavy (non-hydrogen) atoms. The highest BCUT2D eigenvalue weighted by Crippen LogP contribution is 2.41. The van der Waals surface area contributed by atoms with Crippen LogP contribution in [0.2, 0.25) is 0 Å². The molecule has 0 aliphatic carbocycles. The SMILES string of the molecule is CCOc1ccc(C2C(=C(O)c3ccc4c(c3)OCO4)C(=O)C(=O)N2CCCN2CCOCC2)cc1. The first kappa shape index (κ1) is 24.1. The van der Waals surface area contributed by atoms with Crippen LogP contribution in [0.4, 0.5) is 0 Å². The number of benzene rings is 2. The van der Waals surface area contributed by atoms with Crippen LogP contribution in [0.3, 0.4) is 0 Å². The molecule has 9 heteroatoms. The number of morpholine rings is 1. The van der Waals surface area contributed by atoms with Crippen molar-refractivity contribution in [2.45, 2.75) is 19.4 Å². The van der Waals surface area contributed by atoms with Gasteiger partial charge in [0, 0.05) is 31.7 Å². The number of hydrogen-bond donors (Lipinski definition) is 1. The Hall–Kier alpha value is -3.56. The first-order valence-electron chi connectivity index (χ1n) is 12.3. The van der Waals surface area contributed by atoms with E-state index in [2.05, 4.69) is 4.90 Å². The van der Waals surface area contributed by atoms with Crippen molar-refractivity contribution in [3.8, 4) is 17.2 Å². The molecule has 2 fully saturated rings. The van der Waals surface area contributed by atoms with Gasteiger partial charge in [-0.25, -0.2) is 0 Å². The molecule has 1 amide bonds. The molecule has 3 aliphatic heterocycles. The van der Waals surface area contributed by atoms with E-state index in [0.29, 0.717) is 55.6 Å². The first-order valence-corrected chi connectivity index (χ1v) is 12.3. The molecule has 190 valence electrons. The molecule has 0 saturated carbocycles. The van der Waals surface area contributed by atoms with Crippen molar-refractivity contribution in [2.75, 3.05) is 52.8 Å². The third kappa shape index (κ3) is 4.76. The third-order valence-electron chi connectivity index (χ3n) is 6.67. The van der Waals surface area contributed by atoms with Gasteiger partial charge in [-0.1, -0.05) is 12.1 Å². The van der Waals surface area contributed by atoms with E-state index in [1.165, 1.54) is 0 Å². The van der Waals surface area contributed by atoms with Gasteiger partial charge in [-0.05, 0) is 49.2 Å². The standard InChI is InChI=1S/C27H30N2O7/c1-2-34-20-7-4-18(5-8-20)24-23(25(30)19-6-9-21-22(16-19)36-17-35-21)26(31)27(32)29(24)11-3-10-28-12-14-33-15-13-28/h4-9,16,24,30H,2-3,10-15,17H2,1H3. The number of fused-ring (bicyclic) bond motifs is 1. The highest BCUT2D eigenvalue weighted by Gasteiger charge is 2.46. The zero-order chi connectivity index (χ0) is 25.1. The summed E-state index contributed by atoms with van der Waals surface area (Å²) in [5, 5.41) is 11.3. The van der Waals surface area contributed by atoms with Crippen molar-refractivity contribution < 1.29 is 33.6 Å². The maximum atomic E-state index is 13.3. The molecule has 9 nitrogen and oxygen atoms in total. The van der Waals surface area contributed by atoms with Crippen LogP contribution in [0, 0.1) is 0 Å². The van der Waals surface area contributed by atoms with Crippen LogP contribution in [0.25, 0.3) is 5.76 Å². The molecule has 2 aromatic rings. The predicted octanol–water partition coefficient (Wildman–Crippen LogP) is 2.96. The average Bonchev–Trinajstić information content (AvgIpc) is 3.47. The lowest BCUT2D eigenvalue weighted by molar-refractivity contribution is -0.140. The molecule has 5 rings (SSSR count). The third-order valence-corrected chi connectivity index (χ3v) is 6.67. The van der Waals surface area contributed by atoms with Gasteiger partial charge in [0.05, 0.1) is 31.4 Å². The van der Waals surface area contributed by atoms with E-state index in [0.717, 1.165) is 25.2 Å². The number of Topliss-reactive ketones (excluding diaryl/α,β-unsaturated/α-hetero) is 1. The number of amides is 1. The van der Waals surface area contributed by atoms with Crippen LogP contribution in [-0.2, 0) is 14.3 Å². The number of ether oxygens (including phenoxy) is 4. The van der Waals surface area contributed by atoms with Gasteiger partial charge in [-0.2, -0.15) is 0 Å². The van der Waals surface area contributed by atoms with Crippen LogP contribution in [0.5, 0.6) is 17.2 Å². The number of aliphatic hydroxyl groups excluding tert-OH is 1. The fourth-order valence-electron chi connectivity index (χ4n) is 4.86. The summed E-state index contributed by atoms with van der Waals surface area (Å²) >= 11 is 0. The number of rotatable bonds is 8. The highest BCUT2D eigenvalue weighted by molar-refractivity contribution is 6.46. The van der Waals surface area contributed by atoms with Gasteiger partial charge >= 0.3 is 0 Å². The van der Waals surface area contributed by atoms with Crippen LogP contribution < -0.4 is 14.2 Å². The van der Waals surface area contributed by atoms with Crippen LogP contribution in [0.15, 0.2) is 48.0 Å². The number of ketones is 1. The van der Waals surface area contributed by atoms with Crippen molar-refractivity contribution in [3.63, 3.8) is 0 Å². The van der Waals surface area contributed by atoms with Crippen molar-refractivity contribution in [1.82, 2.24) is 9.80 Å². The molecular formula is C27H30N2O7. The number of carbonyl (C=O) groups excluding carboxylic acids is 2. The van der Waals surface area contributed by atoms with Gasteiger partial charge in [0.15, 0.2) is 11.5 Å². The van der Waals surface area contributed by atoms with E-state index in [9.17, 15) is 14.7 Å². The molecule has 0 aromatic heterocycles. The Bertz CT molecular complexity index is 1160. The second-order valence-corrected chi connectivity index (χ2v) is 8.87. The average molecular weight is 495 g/mol. The van der Waals surface area contributed by atoms with Crippen LogP contribution >= 0.6 is 0 Å². The fraction of sp³-hybridized carbons (Fsp3) is 0.407. The van der Waals surface area contributed by atoms with Gasteiger partial charge in [0.25, 0.3) is 11.7 Å². The van der Waals surface area contributed by atoms with E-state index in [4.69, 9.17) is 18.9 Å². The van der Waals surface area contributed by atoms with E-state index >= 15 is 0 Å². The molecule has 0 spiro atoms. The first-order chi connectivity index (χ1) is 17.6. The number of aliphatic hydroxyl groups is 1. The maximum Gasteiger partial charge on any atom is 0.295 e. The zero-order valence-electron chi connectivity index (χ0n) is 20.3. The Morgan fingerprint density at radius 1 is 1.03 bits per heavy atom. The molecule has 2 aromatic carbocycles. The number of likely N-dealkylation sites (tertiary alicyclic amines) is 1. The Morgan fingerprint density at radius 3 is 2.53 bits per heavy atom. The summed E-state index contributed by atoms with van der Waals surface area (Å²) in [5.74, 6) is 0.200. The fourth-order valence-corrected chi connectivity index (χ4v) is 4.86. The zero-order valence-corrected chi connectivity index (χ0v) is 20.3. The maximum absolute atomic E-state index is 13.3. The molecule has 1 atom stereocenters. The van der Waals surface area contributed by atoms with Crippen molar-refractivity contribution >= 4 is 17.4 Å². The summed E-state index contributed by atoms with van der Waals surface area (Å²) in [6, 6.07) is 11.5. The van der Waals surface area contributed by atoms with Gasteiger partial charge in [-0.3, -0.25) is 14.5 Å². The number of hydrogen-bond acceptors (Lipinski definition) is 8. The molecule has 2 saturated heterocycles. The van der Waals surface area contributed by atoms with Gasteiger partial charge in [-0.15, -0.1) is 0 Å². The normalized spacial score (nSPS) is 21.2. The van der Waals surface area contributed by atoms with Crippen LogP contribution in [0.1, 0.15) is 30.5 Å². The summed E-state index contributed by atoms with van der Waals surface area (Å²) in [5.41, 5.74) is 1.18. The summed E-state index contributed by atoms with van der Waals surface area (Å²) < 4.78 is 21.8. The summed E-state index contributed by atoms with van der Waals surface area (Å²) in [6.45, 7) is 6.82. The van der Waals surface area contributed by atoms with E-state index < -0.39 is 17.7 Å². The topological polar surface area (TPSA) is 97.8 Å². The predicted molar refractivity (Wildman–Crippen MR) is 131 cm³/mol. The van der Waals surface area contributed by atoms with Gasteiger partial charge in [0.1, 0.15) is 11.5 Å². The molecule has 0 radical (unpaired) electrons. The Morgan fingerprint density at radius 2 is 1.78 bits per heavy atom. The quantitative estimate of drug-likeness (QED) is 0.340. The second kappa shape index (κ2) is 10.6. The lowest BCUT2D eigenvalue weighted by Gasteiger charge is -2.29. The smallest absolute Gasteiger partial charge is 0.295 e. The Kier molecular flexibility index (Phi) is 7.11. The summed E-state index contributed by atoms with van der Waals surface area (Å²) in [4.78, 5) is 30.3. The van der Waals surface area contributed by atoms with Crippen molar-refractivity contribution in [3.05, 3.63) is 59.2 Å². The lowest BCUT2D eigenvalue weighted by Crippen LogP contribution is -2.38. The molecule has 1 unspecified atom stereocenters. The van der Waals surface area contributed by atoms with Gasteiger partial charge in [0.2, 0.25) is 6.79 Å². The van der Waals surface area contributed by atoms with Crippen LogP contribution in [-0.4, -0.2) is 79.4 Å². The Labute approximate surface area is 209 Å². The molecule has 3 aliphatic rings.